The van der Waals surface area contributed by atoms with Gasteiger partial charge in [-0.1, -0.05) is 6.92 Å². The van der Waals surface area contributed by atoms with Gasteiger partial charge in [-0.3, -0.25) is 0 Å². The predicted octanol–water partition coefficient (Wildman–Crippen LogP) is 1.21. The van der Waals surface area contributed by atoms with E-state index in [1.807, 2.05) is 6.92 Å². The van der Waals surface area contributed by atoms with Crippen LogP contribution in [0.1, 0.15) is 26.2 Å². The summed E-state index contributed by atoms with van der Waals surface area (Å²) in [5, 5.41) is 8.94. The van der Waals surface area contributed by atoms with E-state index in [2.05, 4.69) is 18.0 Å². The van der Waals surface area contributed by atoms with Crippen LogP contribution in [-0.2, 0) is 0 Å². The lowest BCUT2D eigenvalue weighted by Crippen LogP contribution is -2.43. The fourth-order valence-corrected chi connectivity index (χ4v) is 2.19. The van der Waals surface area contributed by atoms with Gasteiger partial charge in [0.1, 0.15) is 0 Å². The molecule has 14 heavy (non-hydrogen) atoms. The lowest BCUT2D eigenvalue weighted by atomic mass is 9.82. The summed E-state index contributed by atoms with van der Waals surface area (Å²) in [4.78, 5) is 2.33. The van der Waals surface area contributed by atoms with Crippen LogP contribution >= 0.6 is 0 Å². The fraction of sp³-hybridized carbons (Fsp3) is 0.909. The number of likely N-dealkylation sites (tertiary alicyclic amines) is 1. The summed E-state index contributed by atoms with van der Waals surface area (Å²) in [6.45, 7) is 4.29. The first-order chi connectivity index (χ1) is 6.69. The molecule has 2 atom stereocenters. The van der Waals surface area contributed by atoms with Crippen LogP contribution in [0.25, 0.3) is 0 Å². The highest BCUT2D eigenvalue weighted by molar-refractivity contribution is 4.94. The number of hydrogen-bond acceptors (Lipinski definition) is 3. The highest BCUT2D eigenvalue weighted by Gasteiger charge is 2.27. The quantitative estimate of drug-likeness (QED) is 0.736. The molecule has 1 fully saturated rings. The van der Waals surface area contributed by atoms with E-state index in [1.165, 1.54) is 0 Å². The topological polar surface area (TPSA) is 53.1 Å². The van der Waals surface area contributed by atoms with Crippen molar-refractivity contribution >= 4 is 0 Å². The Labute approximate surface area is 86.9 Å². The van der Waals surface area contributed by atoms with Crippen LogP contribution in [0.2, 0.25) is 0 Å². The molecule has 1 saturated heterocycles. The molecule has 0 saturated carbocycles. The first-order valence-corrected chi connectivity index (χ1v) is 5.52. The standard InChI is InChI=1S/C11H21N3/c1-3-9(8-12)11(13)10-4-6-14(2)7-5-10/h9-11H,3-7,13H2,1-2H3. The number of nitrogens with zero attached hydrogens (tertiary/aromatic N) is 2. The van der Waals surface area contributed by atoms with Crippen molar-refractivity contribution in [1.29, 1.82) is 5.26 Å². The van der Waals surface area contributed by atoms with Crippen molar-refractivity contribution < 1.29 is 0 Å². The van der Waals surface area contributed by atoms with Gasteiger partial charge in [0, 0.05) is 6.04 Å². The lowest BCUT2D eigenvalue weighted by Gasteiger charge is -2.34. The van der Waals surface area contributed by atoms with E-state index in [0.717, 1.165) is 32.4 Å². The van der Waals surface area contributed by atoms with Gasteiger partial charge in [0.05, 0.1) is 12.0 Å². The Bertz CT molecular complexity index is 201. The molecular weight excluding hydrogens is 174 g/mol. The Morgan fingerprint density at radius 2 is 2.07 bits per heavy atom. The molecule has 80 valence electrons. The van der Waals surface area contributed by atoms with Gasteiger partial charge in [0.2, 0.25) is 0 Å². The third-order valence-corrected chi connectivity index (χ3v) is 3.38. The number of nitriles is 1. The summed E-state index contributed by atoms with van der Waals surface area (Å²) in [5.41, 5.74) is 6.12. The maximum Gasteiger partial charge on any atom is 0.0672 e. The first kappa shape index (κ1) is 11.5. The van der Waals surface area contributed by atoms with E-state index in [4.69, 9.17) is 11.0 Å². The summed E-state index contributed by atoms with van der Waals surface area (Å²) in [6.07, 6.45) is 3.18. The van der Waals surface area contributed by atoms with Gasteiger partial charge in [-0.05, 0) is 45.3 Å². The average Bonchev–Trinajstić information content (AvgIpc) is 2.20. The number of piperidine rings is 1. The van der Waals surface area contributed by atoms with Gasteiger partial charge in [-0.2, -0.15) is 5.26 Å². The second kappa shape index (κ2) is 5.33. The van der Waals surface area contributed by atoms with E-state index in [0.29, 0.717) is 5.92 Å². The van der Waals surface area contributed by atoms with Crippen LogP contribution in [0, 0.1) is 23.2 Å². The Balaban J connectivity index is 2.45. The molecule has 3 heteroatoms. The van der Waals surface area contributed by atoms with E-state index in [1.54, 1.807) is 0 Å². The SMILES string of the molecule is CCC(C#N)C(N)C1CCN(C)CC1. The van der Waals surface area contributed by atoms with E-state index in [-0.39, 0.29) is 12.0 Å². The van der Waals surface area contributed by atoms with Crippen molar-refractivity contribution in [3.8, 4) is 6.07 Å². The summed E-state index contributed by atoms with van der Waals surface area (Å²) in [7, 11) is 2.14. The smallest absolute Gasteiger partial charge is 0.0672 e. The molecule has 1 rings (SSSR count). The van der Waals surface area contributed by atoms with Crippen molar-refractivity contribution in [2.75, 3.05) is 20.1 Å². The molecule has 2 N–H and O–H groups in total. The zero-order chi connectivity index (χ0) is 10.6. The largest absolute Gasteiger partial charge is 0.326 e. The molecule has 3 nitrogen and oxygen atoms in total. The molecule has 1 heterocycles. The summed E-state index contributed by atoms with van der Waals surface area (Å²) < 4.78 is 0. The molecule has 0 aromatic rings. The molecule has 0 aliphatic carbocycles. The minimum atomic E-state index is 0.0448. The third kappa shape index (κ3) is 2.70. The van der Waals surface area contributed by atoms with E-state index < -0.39 is 0 Å². The molecule has 0 radical (unpaired) electrons. The number of hydrogen-bond donors (Lipinski definition) is 1. The monoisotopic (exact) mass is 195 g/mol. The van der Waals surface area contributed by atoms with Crippen LogP contribution in [0.4, 0.5) is 0 Å². The molecule has 0 amide bonds. The summed E-state index contributed by atoms with van der Waals surface area (Å²) in [5.74, 6) is 0.596. The van der Waals surface area contributed by atoms with Crippen LogP contribution < -0.4 is 5.73 Å². The zero-order valence-electron chi connectivity index (χ0n) is 9.24. The predicted molar refractivity (Wildman–Crippen MR) is 57.6 cm³/mol. The second-order valence-corrected chi connectivity index (χ2v) is 4.36. The van der Waals surface area contributed by atoms with Crippen LogP contribution in [0.3, 0.4) is 0 Å². The molecule has 0 aromatic carbocycles. The van der Waals surface area contributed by atoms with Crippen LogP contribution in [-0.4, -0.2) is 31.1 Å². The fourth-order valence-electron chi connectivity index (χ4n) is 2.19. The molecule has 2 unspecified atom stereocenters. The molecule has 0 bridgehead atoms. The van der Waals surface area contributed by atoms with Gasteiger partial charge in [-0.25, -0.2) is 0 Å². The van der Waals surface area contributed by atoms with Gasteiger partial charge in [0.15, 0.2) is 0 Å². The second-order valence-electron chi connectivity index (χ2n) is 4.36. The Morgan fingerprint density at radius 3 is 2.50 bits per heavy atom. The van der Waals surface area contributed by atoms with E-state index >= 15 is 0 Å². The Hall–Kier alpha value is -0.590. The average molecular weight is 195 g/mol. The Morgan fingerprint density at radius 1 is 1.50 bits per heavy atom. The van der Waals surface area contributed by atoms with Crippen molar-refractivity contribution in [2.24, 2.45) is 17.6 Å². The van der Waals surface area contributed by atoms with Gasteiger partial charge in [0.25, 0.3) is 0 Å². The molecular formula is C11H21N3. The maximum atomic E-state index is 8.94. The van der Waals surface area contributed by atoms with Crippen LogP contribution in [0.5, 0.6) is 0 Å². The maximum absolute atomic E-state index is 8.94. The third-order valence-electron chi connectivity index (χ3n) is 3.38. The molecule has 0 spiro atoms. The Kier molecular flexibility index (Phi) is 4.37. The van der Waals surface area contributed by atoms with Gasteiger partial charge < -0.3 is 10.6 Å². The number of rotatable bonds is 3. The highest BCUT2D eigenvalue weighted by atomic mass is 15.1. The van der Waals surface area contributed by atoms with Gasteiger partial charge >= 0.3 is 0 Å². The molecule has 0 aromatic heterocycles. The summed E-state index contributed by atoms with van der Waals surface area (Å²) >= 11 is 0. The minimum Gasteiger partial charge on any atom is -0.326 e. The normalized spacial score (nSPS) is 24.1. The van der Waals surface area contributed by atoms with Crippen molar-refractivity contribution in [2.45, 2.75) is 32.2 Å². The van der Waals surface area contributed by atoms with Crippen molar-refractivity contribution in [3.05, 3.63) is 0 Å². The van der Waals surface area contributed by atoms with E-state index in [9.17, 15) is 0 Å². The highest BCUT2D eigenvalue weighted by Crippen LogP contribution is 2.23. The first-order valence-electron chi connectivity index (χ1n) is 5.52. The minimum absolute atomic E-state index is 0.0448. The molecule has 1 aliphatic heterocycles. The number of nitrogens with two attached hydrogens (primary N) is 1. The van der Waals surface area contributed by atoms with Crippen molar-refractivity contribution in [3.63, 3.8) is 0 Å². The van der Waals surface area contributed by atoms with Gasteiger partial charge in [-0.15, -0.1) is 0 Å². The van der Waals surface area contributed by atoms with Crippen molar-refractivity contribution in [1.82, 2.24) is 4.90 Å². The molecule has 1 aliphatic rings. The zero-order valence-corrected chi connectivity index (χ0v) is 9.24. The summed E-state index contributed by atoms with van der Waals surface area (Å²) in [6, 6.07) is 2.40. The lowest BCUT2D eigenvalue weighted by molar-refractivity contribution is 0.183. The van der Waals surface area contributed by atoms with Crippen LogP contribution in [0.15, 0.2) is 0 Å².